The summed E-state index contributed by atoms with van der Waals surface area (Å²) >= 11 is 0. The van der Waals surface area contributed by atoms with Crippen molar-refractivity contribution in [3.8, 4) is 17.1 Å². The van der Waals surface area contributed by atoms with Gasteiger partial charge in [0.2, 0.25) is 10.0 Å². The lowest BCUT2D eigenvalue weighted by Crippen LogP contribution is -2.12. The van der Waals surface area contributed by atoms with Crippen LogP contribution >= 0.6 is 0 Å². The van der Waals surface area contributed by atoms with E-state index >= 15 is 0 Å². The molecule has 0 bridgehead atoms. The zero-order valence-electron chi connectivity index (χ0n) is 11.9. The maximum atomic E-state index is 11.3. The van der Waals surface area contributed by atoms with Gasteiger partial charge in [0.1, 0.15) is 11.4 Å². The van der Waals surface area contributed by atoms with Crippen molar-refractivity contribution in [2.75, 3.05) is 0 Å². The van der Waals surface area contributed by atoms with E-state index in [1.165, 1.54) is 16.8 Å². The molecule has 0 spiro atoms. The number of hydrogen-bond donors (Lipinski definition) is 2. The van der Waals surface area contributed by atoms with Gasteiger partial charge >= 0.3 is 0 Å². The molecule has 0 amide bonds. The molecule has 23 heavy (non-hydrogen) atoms. The molecule has 2 aromatic heterocycles. The van der Waals surface area contributed by atoms with E-state index in [9.17, 15) is 13.5 Å². The van der Waals surface area contributed by atoms with Crippen molar-refractivity contribution < 1.29 is 13.5 Å². The first-order valence-electron chi connectivity index (χ1n) is 6.61. The van der Waals surface area contributed by atoms with Crippen LogP contribution in [0.25, 0.3) is 17.1 Å². The molecule has 0 atom stereocenters. The summed E-state index contributed by atoms with van der Waals surface area (Å²) < 4.78 is 24.1. The van der Waals surface area contributed by atoms with Crippen LogP contribution in [0.3, 0.4) is 0 Å². The zero-order valence-corrected chi connectivity index (χ0v) is 12.7. The standard InChI is InChI=1S/C14H13N5O3S/c15-23(21,22)11-6-4-10(5-7-11)19-14(13(9-20)17-18-19)12-3-1-2-8-16-12/h1-8,20H,9H2,(H2,15,21,22). The van der Waals surface area contributed by atoms with Gasteiger partial charge in [-0.3, -0.25) is 4.98 Å². The van der Waals surface area contributed by atoms with Gasteiger partial charge in [-0.15, -0.1) is 5.10 Å². The number of hydrogen-bond acceptors (Lipinski definition) is 6. The Balaban J connectivity index is 2.13. The quantitative estimate of drug-likeness (QED) is 0.716. The number of nitrogens with two attached hydrogens (primary N) is 1. The van der Waals surface area contributed by atoms with Gasteiger partial charge in [0.25, 0.3) is 0 Å². The summed E-state index contributed by atoms with van der Waals surface area (Å²) in [5.74, 6) is 0. The monoisotopic (exact) mass is 331 g/mol. The van der Waals surface area contributed by atoms with Crippen LogP contribution in [-0.2, 0) is 16.6 Å². The fourth-order valence-electron chi connectivity index (χ4n) is 2.14. The van der Waals surface area contributed by atoms with Crippen molar-refractivity contribution in [1.82, 2.24) is 20.0 Å². The van der Waals surface area contributed by atoms with Crippen molar-refractivity contribution in [3.63, 3.8) is 0 Å². The van der Waals surface area contributed by atoms with Crippen LogP contribution in [-0.4, -0.2) is 33.5 Å². The lowest BCUT2D eigenvalue weighted by Gasteiger charge is -2.07. The highest BCUT2D eigenvalue weighted by Gasteiger charge is 2.17. The molecule has 118 valence electrons. The second kappa shape index (κ2) is 5.88. The molecule has 0 fully saturated rings. The van der Waals surface area contributed by atoms with E-state index in [1.807, 2.05) is 6.07 Å². The molecule has 0 unspecified atom stereocenters. The van der Waals surface area contributed by atoms with Gasteiger partial charge in [0.05, 0.1) is 22.9 Å². The number of pyridine rings is 1. The van der Waals surface area contributed by atoms with Crippen molar-refractivity contribution in [2.24, 2.45) is 5.14 Å². The molecular weight excluding hydrogens is 318 g/mol. The van der Waals surface area contributed by atoms with Gasteiger partial charge in [0.15, 0.2) is 0 Å². The highest BCUT2D eigenvalue weighted by molar-refractivity contribution is 7.89. The van der Waals surface area contributed by atoms with E-state index < -0.39 is 10.0 Å². The number of aliphatic hydroxyl groups excluding tert-OH is 1. The van der Waals surface area contributed by atoms with E-state index in [0.717, 1.165) is 0 Å². The van der Waals surface area contributed by atoms with Gasteiger partial charge in [-0.1, -0.05) is 11.3 Å². The Hall–Kier alpha value is -2.62. The summed E-state index contributed by atoms with van der Waals surface area (Å²) in [6, 6.07) is 11.2. The van der Waals surface area contributed by atoms with Gasteiger partial charge in [0, 0.05) is 6.20 Å². The number of aliphatic hydroxyl groups is 1. The van der Waals surface area contributed by atoms with Crippen LogP contribution in [0.2, 0.25) is 0 Å². The first-order valence-corrected chi connectivity index (χ1v) is 8.15. The van der Waals surface area contributed by atoms with Crippen LogP contribution in [0.15, 0.2) is 53.6 Å². The molecule has 3 aromatic rings. The van der Waals surface area contributed by atoms with Gasteiger partial charge in [-0.05, 0) is 36.4 Å². The average molecular weight is 331 g/mol. The molecule has 0 saturated carbocycles. The molecule has 0 aliphatic heterocycles. The number of primary sulfonamides is 1. The van der Waals surface area contributed by atoms with E-state index in [1.54, 1.807) is 30.5 Å². The van der Waals surface area contributed by atoms with E-state index in [-0.39, 0.29) is 11.5 Å². The maximum absolute atomic E-state index is 11.3. The smallest absolute Gasteiger partial charge is 0.238 e. The third-order valence-electron chi connectivity index (χ3n) is 3.21. The summed E-state index contributed by atoms with van der Waals surface area (Å²) in [5, 5.41) is 22.5. The molecule has 8 nitrogen and oxygen atoms in total. The Labute approximate surface area is 132 Å². The molecule has 9 heteroatoms. The van der Waals surface area contributed by atoms with Gasteiger partial charge in [-0.2, -0.15) is 0 Å². The Morgan fingerprint density at radius 2 is 1.87 bits per heavy atom. The fraction of sp³-hybridized carbons (Fsp3) is 0.0714. The van der Waals surface area contributed by atoms with Crippen molar-refractivity contribution in [2.45, 2.75) is 11.5 Å². The lowest BCUT2D eigenvalue weighted by molar-refractivity contribution is 0.277. The minimum atomic E-state index is -3.76. The molecule has 0 saturated heterocycles. The van der Waals surface area contributed by atoms with Crippen LogP contribution in [0.4, 0.5) is 0 Å². The molecule has 1 aromatic carbocycles. The predicted octanol–water partition coefficient (Wildman–Crippen LogP) is 0.469. The highest BCUT2D eigenvalue weighted by Crippen LogP contribution is 2.24. The second-order valence-corrected chi connectivity index (χ2v) is 6.27. The van der Waals surface area contributed by atoms with Crippen molar-refractivity contribution in [1.29, 1.82) is 0 Å². The normalized spacial score (nSPS) is 11.6. The SMILES string of the molecule is NS(=O)(=O)c1ccc(-n2nnc(CO)c2-c2ccccn2)cc1. The largest absolute Gasteiger partial charge is 0.390 e. The number of aromatic nitrogens is 4. The predicted molar refractivity (Wildman–Crippen MR) is 81.9 cm³/mol. The zero-order chi connectivity index (χ0) is 16.4. The Morgan fingerprint density at radius 3 is 2.43 bits per heavy atom. The number of rotatable bonds is 4. The Kier molecular flexibility index (Phi) is 3.90. The number of benzene rings is 1. The summed E-state index contributed by atoms with van der Waals surface area (Å²) in [6.45, 7) is -0.291. The van der Waals surface area contributed by atoms with Crippen LogP contribution < -0.4 is 5.14 Å². The van der Waals surface area contributed by atoms with E-state index in [2.05, 4.69) is 15.3 Å². The summed E-state index contributed by atoms with van der Waals surface area (Å²) in [7, 11) is -3.76. The summed E-state index contributed by atoms with van der Waals surface area (Å²) in [5.41, 5.74) is 2.08. The van der Waals surface area contributed by atoms with Crippen LogP contribution in [0.1, 0.15) is 5.69 Å². The molecular formula is C14H13N5O3S. The molecule has 0 aliphatic carbocycles. The minimum Gasteiger partial charge on any atom is -0.390 e. The fourth-order valence-corrected chi connectivity index (χ4v) is 2.65. The Morgan fingerprint density at radius 1 is 1.13 bits per heavy atom. The number of sulfonamides is 1. The molecule has 3 rings (SSSR count). The van der Waals surface area contributed by atoms with Gasteiger partial charge in [-0.25, -0.2) is 18.2 Å². The molecule has 2 heterocycles. The highest BCUT2D eigenvalue weighted by atomic mass is 32.2. The lowest BCUT2D eigenvalue weighted by atomic mass is 10.2. The van der Waals surface area contributed by atoms with Crippen molar-refractivity contribution >= 4 is 10.0 Å². The average Bonchev–Trinajstić information content (AvgIpc) is 2.99. The number of nitrogens with zero attached hydrogens (tertiary/aromatic N) is 4. The third kappa shape index (κ3) is 2.97. The molecule has 0 radical (unpaired) electrons. The van der Waals surface area contributed by atoms with Crippen molar-refractivity contribution in [3.05, 3.63) is 54.4 Å². The first-order chi connectivity index (χ1) is 11.0. The molecule has 0 aliphatic rings. The third-order valence-corrected chi connectivity index (χ3v) is 4.14. The van der Waals surface area contributed by atoms with E-state index in [4.69, 9.17) is 5.14 Å². The van der Waals surface area contributed by atoms with Crippen LogP contribution in [0.5, 0.6) is 0 Å². The Bertz CT molecular complexity index is 921. The summed E-state index contributed by atoms with van der Waals surface area (Å²) in [4.78, 5) is 4.25. The van der Waals surface area contributed by atoms with E-state index in [0.29, 0.717) is 22.8 Å². The molecule has 3 N–H and O–H groups in total. The van der Waals surface area contributed by atoms with Gasteiger partial charge < -0.3 is 5.11 Å². The first kappa shape index (κ1) is 15.3. The topological polar surface area (TPSA) is 124 Å². The maximum Gasteiger partial charge on any atom is 0.238 e. The van der Waals surface area contributed by atoms with Crippen LogP contribution in [0, 0.1) is 0 Å². The summed E-state index contributed by atoms with van der Waals surface area (Å²) in [6.07, 6.45) is 1.62. The second-order valence-electron chi connectivity index (χ2n) is 4.71. The minimum absolute atomic E-state index is 0.00290.